The number of carbonyl (C=O) groups is 2. The average Bonchev–Trinajstić information content (AvgIpc) is 2.91. The molecule has 2 aliphatic heterocycles. The topological polar surface area (TPSA) is 88.5 Å². The van der Waals surface area contributed by atoms with Crippen LogP contribution in [0.4, 0.5) is 0 Å². The van der Waals surface area contributed by atoms with Gasteiger partial charge in [0.05, 0.1) is 6.04 Å². The third-order valence-electron chi connectivity index (χ3n) is 6.62. The Hall–Kier alpha value is -3.47. The highest BCUT2D eigenvalue weighted by molar-refractivity contribution is 5.97. The number of piperidine rings is 1. The molecule has 0 bridgehead atoms. The zero-order valence-corrected chi connectivity index (χ0v) is 19.3. The van der Waals surface area contributed by atoms with Crippen LogP contribution in [0.2, 0.25) is 0 Å². The van der Waals surface area contributed by atoms with Crippen LogP contribution in [0.1, 0.15) is 30.0 Å². The number of hydrogen-bond acceptors (Lipinski definition) is 5. The summed E-state index contributed by atoms with van der Waals surface area (Å²) in [5.74, 6) is -0.534. The van der Waals surface area contributed by atoms with Crippen LogP contribution >= 0.6 is 0 Å². The lowest BCUT2D eigenvalue weighted by Crippen LogP contribution is -2.50. The normalized spacial score (nSPS) is 17.9. The molecule has 2 N–H and O–H groups in total. The second-order valence-corrected chi connectivity index (χ2v) is 8.75. The highest BCUT2D eigenvalue weighted by atomic mass is 16.2. The van der Waals surface area contributed by atoms with Crippen molar-refractivity contribution in [3.8, 4) is 6.07 Å². The van der Waals surface area contributed by atoms with Gasteiger partial charge >= 0.3 is 0 Å². The molecule has 2 aliphatic rings. The molecule has 34 heavy (non-hydrogen) atoms. The lowest BCUT2D eigenvalue weighted by molar-refractivity contribution is -0.128. The summed E-state index contributed by atoms with van der Waals surface area (Å²) >= 11 is 0. The van der Waals surface area contributed by atoms with Crippen molar-refractivity contribution in [3.63, 3.8) is 0 Å². The van der Waals surface area contributed by atoms with Gasteiger partial charge in [0.15, 0.2) is 0 Å². The maximum atomic E-state index is 13.0. The maximum Gasteiger partial charge on any atom is 0.266 e. The SMILES string of the molecule is N#C/C(=C/NC(=O)C1CCNCC1)C(=O)N1CCN(C(c2ccccc2)c2ccccc2)CC1. The molecule has 0 spiro atoms. The Kier molecular flexibility index (Phi) is 8.08. The maximum absolute atomic E-state index is 13.0. The number of nitrogens with one attached hydrogen (secondary N) is 2. The fourth-order valence-electron chi connectivity index (χ4n) is 4.73. The second kappa shape index (κ2) is 11.6. The van der Waals surface area contributed by atoms with E-state index in [9.17, 15) is 14.9 Å². The van der Waals surface area contributed by atoms with E-state index in [1.807, 2.05) is 42.5 Å². The Morgan fingerprint density at radius 2 is 1.50 bits per heavy atom. The van der Waals surface area contributed by atoms with Crippen molar-refractivity contribution < 1.29 is 9.59 Å². The van der Waals surface area contributed by atoms with E-state index in [0.717, 1.165) is 25.9 Å². The molecule has 176 valence electrons. The van der Waals surface area contributed by atoms with E-state index in [0.29, 0.717) is 26.2 Å². The molecule has 7 heteroatoms. The molecule has 4 rings (SSSR count). The van der Waals surface area contributed by atoms with Gasteiger partial charge in [-0.15, -0.1) is 0 Å². The van der Waals surface area contributed by atoms with Crippen molar-refractivity contribution in [3.05, 3.63) is 83.6 Å². The van der Waals surface area contributed by atoms with Crippen molar-refractivity contribution >= 4 is 11.8 Å². The number of piperazine rings is 1. The van der Waals surface area contributed by atoms with E-state index < -0.39 is 0 Å². The lowest BCUT2D eigenvalue weighted by atomic mass is 9.96. The summed E-state index contributed by atoms with van der Waals surface area (Å²) in [6.45, 7) is 4.05. The predicted octanol–water partition coefficient (Wildman–Crippen LogP) is 2.44. The third-order valence-corrected chi connectivity index (χ3v) is 6.62. The lowest BCUT2D eigenvalue weighted by Gasteiger charge is -2.39. The zero-order chi connectivity index (χ0) is 23.8. The van der Waals surface area contributed by atoms with Crippen LogP contribution < -0.4 is 10.6 Å². The smallest absolute Gasteiger partial charge is 0.266 e. The van der Waals surface area contributed by atoms with Gasteiger partial charge in [0.2, 0.25) is 5.91 Å². The number of hydrogen-bond donors (Lipinski definition) is 2. The number of nitriles is 1. The third kappa shape index (κ3) is 5.71. The molecule has 2 saturated heterocycles. The summed E-state index contributed by atoms with van der Waals surface area (Å²) in [5.41, 5.74) is 2.40. The van der Waals surface area contributed by atoms with Gasteiger partial charge in [-0.3, -0.25) is 14.5 Å². The molecule has 0 saturated carbocycles. The molecule has 2 heterocycles. The van der Waals surface area contributed by atoms with E-state index in [4.69, 9.17) is 0 Å². The van der Waals surface area contributed by atoms with Gasteiger partial charge in [-0.05, 0) is 37.1 Å². The van der Waals surface area contributed by atoms with Crippen molar-refractivity contribution in [2.75, 3.05) is 39.3 Å². The summed E-state index contributed by atoms with van der Waals surface area (Å²) in [4.78, 5) is 29.5. The van der Waals surface area contributed by atoms with E-state index in [1.165, 1.54) is 17.3 Å². The van der Waals surface area contributed by atoms with E-state index in [-0.39, 0.29) is 29.3 Å². The number of nitrogens with zero attached hydrogens (tertiary/aromatic N) is 3. The molecule has 2 fully saturated rings. The first-order valence-electron chi connectivity index (χ1n) is 11.9. The molecule has 0 aromatic heterocycles. The first kappa shape index (κ1) is 23.7. The molecule has 2 amide bonds. The number of amides is 2. The summed E-state index contributed by atoms with van der Waals surface area (Å²) in [6, 6.07) is 22.8. The van der Waals surface area contributed by atoms with Gasteiger partial charge < -0.3 is 15.5 Å². The van der Waals surface area contributed by atoms with Gasteiger partial charge in [-0.1, -0.05) is 60.7 Å². The monoisotopic (exact) mass is 457 g/mol. The van der Waals surface area contributed by atoms with Crippen molar-refractivity contribution in [2.24, 2.45) is 5.92 Å². The van der Waals surface area contributed by atoms with Crippen LogP contribution in [0.15, 0.2) is 72.4 Å². The minimum Gasteiger partial charge on any atom is -0.335 e. The van der Waals surface area contributed by atoms with E-state index in [2.05, 4.69) is 39.8 Å². The average molecular weight is 458 g/mol. The van der Waals surface area contributed by atoms with Crippen molar-refractivity contribution in [2.45, 2.75) is 18.9 Å². The van der Waals surface area contributed by atoms with Crippen LogP contribution in [0.3, 0.4) is 0 Å². The van der Waals surface area contributed by atoms with Crippen LogP contribution in [0.5, 0.6) is 0 Å². The molecule has 0 unspecified atom stereocenters. The molecular formula is C27H31N5O2. The molecule has 2 aromatic rings. The summed E-state index contributed by atoms with van der Waals surface area (Å²) in [5, 5.41) is 15.5. The van der Waals surface area contributed by atoms with Gasteiger partial charge in [0.25, 0.3) is 5.91 Å². The Bertz CT molecular complexity index is 994. The summed E-state index contributed by atoms with van der Waals surface area (Å²) in [7, 11) is 0. The van der Waals surface area contributed by atoms with Gasteiger partial charge in [-0.25, -0.2) is 0 Å². The number of rotatable bonds is 6. The van der Waals surface area contributed by atoms with Crippen LogP contribution in [0, 0.1) is 17.2 Å². The van der Waals surface area contributed by atoms with E-state index >= 15 is 0 Å². The fraction of sp³-hybridized carbons (Fsp3) is 0.370. The van der Waals surface area contributed by atoms with Gasteiger partial charge in [0.1, 0.15) is 11.6 Å². The molecule has 0 radical (unpaired) electrons. The first-order chi connectivity index (χ1) is 16.7. The summed E-state index contributed by atoms with van der Waals surface area (Å²) < 4.78 is 0. The fourth-order valence-corrected chi connectivity index (χ4v) is 4.73. The molecule has 0 atom stereocenters. The van der Waals surface area contributed by atoms with Crippen LogP contribution in [-0.4, -0.2) is 60.9 Å². The van der Waals surface area contributed by atoms with Gasteiger partial charge in [0, 0.05) is 38.3 Å². The Morgan fingerprint density at radius 1 is 0.941 bits per heavy atom. The van der Waals surface area contributed by atoms with Gasteiger partial charge in [-0.2, -0.15) is 5.26 Å². The minimum atomic E-state index is -0.330. The standard InChI is InChI=1S/C27H31N5O2/c28-19-24(20-30-26(33)23-11-13-29-14-12-23)27(34)32-17-15-31(16-18-32)25(21-7-3-1-4-8-21)22-9-5-2-6-10-22/h1-10,20,23,25,29H,11-18H2,(H,30,33)/b24-20-. The summed E-state index contributed by atoms with van der Waals surface area (Å²) in [6.07, 6.45) is 2.82. The molecular weight excluding hydrogens is 426 g/mol. The minimum absolute atomic E-state index is 0.0293. The number of benzene rings is 2. The number of carbonyl (C=O) groups excluding carboxylic acids is 2. The first-order valence-corrected chi connectivity index (χ1v) is 11.9. The largest absolute Gasteiger partial charge is 0.335 e. The zero-order valence-electron chi connectivity index (χ0n) is 19.3. The Labute approximate surface area is 201 Å². The second-order valence-electron chi connectivity index (χ2n) is 8.75. The molecule has 2 aromatic carbocycles. The van der Waals surface area contributed by atoms with Crippen LogP contribution in [-0.2, 0) is 9.59 Å². The molecule has 0 aliphatic carbocycles. The van der Waals surface area contributed by atoms with E-state index in [1.54, 1.807) is 4.90 Å². The Morgan fingerprint density at radius 3 is 2.03 bits per heavy atom. The highest BCUT2D eigenvalue weighted by Crippen LogP contribution is 2.29. The highest BCUT2D eigenvalue weighted by Gasteiger charge is 2.29. The quantitative estimate of drug-likeness (QED) is 0.514. The predicted molar refractivity (Wildman–Crippen MR) is 130 cm³/mol. The Balaban J connectivity index is 1.40. The van der Waals surface area contributed by atoms with Crippen LogP contribution in [0.25, 0.3) is 0 Å². The van der Waals surface area contributed by atoms with Crippen molar-refractivity contribution in [1.29, 1.82) is 5.26 Å². The molecule has 7 nitrogen and oxygen atoms in total. The van der Waals surface area contributed by atoms with Crippen molar-refractivity contribution in [1.82, 2.24) is 20.4 Å².